The van der Waals surface area contributed by atoms with Gasteiger partial charge in [-0.15, -0.1) is 11.3 Å². The van der Waals surface area contributed by atoms with Crippen molar-refractivity contribution < 1.29 is 0 Å². The van der Waals surface area contributed by atoms with E-state index in [1.807, 2.05) is 0 Å². The van der Waals surface area contributed by atoms with Crippen LogP contribution >= 0.6 is 11.3 Å². The van der Waals surface area contributed by atoms with E-state index in [4.69, 9.17) is 5.73 Å². The Kier molecular flexibility index (Phi) is 3.66. The van der Waals surface area contributed by atoms with Crippen LogP contribution in [0.25, 0.3) is 10.2 Å². The first-order valence-corrected chi connectivity index (χ1v) is 7.82. The zero-order valence-corrected chi connectivity index (χ0v) is 12.1. The molecule has 1 atom stereocenters. The van der Waals surface area contributed by atoms with Crippen molar-refractivity contribution in [3.05, 3.63) is 17.3 Å². The molecule has 102 valence electrons. The van der Waals surface area contributed by atoms with E-state index in [9.17, 15) is 0 Å². The molecule has 19 heavy (non-hydrogen) atoms. The molecular formula is C14H20N4S. The van der Waals surface area contributed by atoms with Gasteiger partial charge < -0.3 is 10.6 Å². The summed E-state index contributed by atoms with van der Waals surface area (Å²) < 4.78 is 0. The second-order valence-corrected chi connectivity index (χ2v) is 6.28. The van der Waals surface area contributed by atoms with Crippen LogP contribution in [-0.4, -0.2) is 29.6 Å². The van der Waals surface area contributed by atoms with Crippen molar-refractivity contribution in [1.29, 1.82) is 0 Å². The third-order valence-corrected chi connectivity index (χ3v) is 5.06. The largest absolute Gasteiger partial charge is 0.356 e. The van der Waals surface area contributed by atoms with Gasteiger partial charge in [0.25, 0.3) is 0 Å². The van der Waals surface area contributed by atoms with Crippen molar-refractivity contribution in [3.63, 3.8) is 0 Å². The van der Waals surface area contributed by atoms with E-state index in [0.717, 1.165) is 49.0 Å². The highest BCUT2D eigenvalue weighted by molar-refractivity contribution is 7.18. The number of thiophene rings is 1. The van der Waals surface area contributed by atoms with Gasteiger partial charge in [-0.2, -0.15) is 0 Å². The summed E-state index contributed by atoms with van der Waals surface area (Å²) in [6.07, 6.45) is 5.11. The van der Waals surface area contributed by atoms with E-state index in [1.165, 1.54) is 16.7 Å². The number of aromatic nitrogens is 2. The van der Waals surface area contributed by atoms with Crippen LogP contribution in [-0.2, 0) is 6.42 Å². The maximum absolute atomic E-state index is 5.66. The summed E-state index contributed by atoms with van der Waals surface area (Å²) in [4.78, 5) is 13.8. The molecule has 1 unspecified atom stereocenters. The molecule has 1 aliphatic heterocycles. The van der Waals surface area contributed by atoms with Gasteiger partial charge in [-0.3, -0.25) is 0 Å². The molecule has 0 spiro atoms. The number of fused-ring (bicyclic) bond motifs is 1. The first-order chi connectivity index (χ1) is 9.31. The van der Waals surface area contributed by atoms with Crippen LogP contribution in [0.4, 0.5) is 5.82 Å². The fourth-order valence-electron chi connectivity index (χ4n) is 2.82. The van der Waals surface area contributed by atoms with Gasteiger partial charge in [0, 0.05) is 18.0 Å². The van der Waals surface area contributed by atoms with Crippen LogP contribution in [0.15, 0.2) is 12.4 Å². The van der Waals surface area contributed by atoms with Gasteiger partial charge in [0.1, 0.15) is 17.0 Å². The number of anilines is 1. The van der Waals surface area contributed by atoms with Crippen LogP contribution in [0.3, 0.4) is 0 Å². The van der Waals surface area contributed by atoms with Crippen molar-refractivity contribution in [2.24, 2.45) is 11.7 Å². The molecule has 0 bridgehead atoms. The molecule has 5 heteroatoms. The Morgan fingerprint density at radius 1 is 1.47 bits per heavy atom. The molecule has 0 aromatic carbocycles. The zero-order chi connectivity index (χ0) is 13.2. The third kappa shape index (κ3) is 2.44. The Labute approximate surface area is 117 Å². The summed E-state index contributed by atoms with van der Waals surface area (Å²) in [5.74, 6) is 1.83. The summed E-state index contributed by atoms with van der Waals surface area (Å²) in [6, 6.07) is 2.26. The fraction of sp³-hybridized carbons (Fsp3) is 0.571. The first kappa shape index (κ1) is 12.8. The molecule has 2 aromatic rings. The van der Waals surface area contributed by atoms with Gasteiger partial charge in [0.2, 0.25) is 0 Å². The normalized spacial score (nSPS) is 19.5. The van der Waals surface area contributed by atoms with Crippen LogP contribution in [0.1, 0.15) is 24.6 Å². The van der Waals surface area contributed by atoms with Gasteiger partial charge >= 0.3 is 0 Å². The second kappa shape index (κ2) is 5.43. The van der Waals surface area contributed by atoms with E-state index in [1.54, 1.807) is 17.7 Å². The molecule has 0 amide bonds. The quantitative estimate of drug-likeness (QED) is 0.932. The summed E-state index contributed by atoms with van der Waals surface area (Å²) in [6.45, 7) is 5.15. The summed E-state index contributed by atoms with van der Waals surface area (Å²) >= 11 is 1.78. The maximum Gasteiger partial charge on any atom is 0.140 e. The Morgan fingerprint density at radius 3 is 3.16 bits per heavy atom. The summed E-state index contributed by atoms with van der Waals surface area (Å²) in [7, 11) is 0. The lowest BCUT2D eigenvalue weighted by molar-refractivity contribution is 0.546. The second-order valence-electron chi connectivity index (χ2n) is 5.16. The van der Waals surface area contributed by atoms with Crippen molar-refractivity contribution in [2.45, 2.75) is 26.2 Å². The smallest absolute Gasteiger partial charge is 0.140 e. The Hall–Kier alpha value is -1.20. The van der Waals surface area contributed by atoms with E-state index in [0.29, 0.717) is 0 Å². The average molecular weight is 276 g/mol. The average Bonchev–Trinajstić information content (AvgIpc) is 3.04. The minimum atomic E-state index is 0.722. The van der Waals surface area contributed by atoms with E-state index >= 15 is 0 Å². The predicted octanol–water partition coefficient (Wildman–Crippen LogP) is 2.43. The van der Waals surface area contributed by atoms with Crippen LogP contribution in [0, 0.1) is 5.92 Å². The van der Waals surface area contributed by atoms with Crippen LogP contribution in [0.5, 0.6) is 0 Å². The Bertz CT molecular complexity index is 566. The highest BCUT2D eigenvalue weighted by atomic mass is 32.1. The minimum Gasteiger partial charge on any atom is -0.356 e. The lowest BCUT2D eigenvalue weighted by Gasteiger charge is -2.17. The topological polar surface area (TPSA) is 55.0 Å². The van der Waals surface area contributed by atoms with Gasteiger partial charge in [0.05, 0.1) is 5.39 Å². The molecule has 1 fully saturated rings. The molecular weight excluding hydrogens is 256 g/mol. The minimum absolute atomic E-state index is 0.722. The first-order valence-electron chi connectivity index (χ1n) is 7.00. The molecule has 0 saturated carbocycles. The maximum atomic E-state index is 5.66. The van der Waals surface area contributed by atoms with Gasteiger partial charge in [-0.1, -0.05) is 6.92 Å². The lowest BCUT2D eigenvalue weighted by atomic mass is 10.1. The molecule has 1 aliphatic rings. The molecule has 0 aliphatic carbocycles. The number of hydrogen-bond donors (Lipinski definition) is 1. The Balaban J connectivity index is 1.90. The molecule has 0 radical (unpaired) electrons. The van der Waals surface area contributed by atoms with Gasteiger partial charge in [-0.25, -0.2) is 9.97 Å². The van der Waals surface area contributed by atoms with Gasteiger partial charge in [0.15, 0.2) is 0 Å². The summed E-state index contributed by atoms with van der Waals surface area (Å²) in [5, 5.41) is 1.22. The van der Waals surface area contributed by atoms with Crippen LogP contribution in [0.2, 0.25) is 0 Å². The third-order valence-electron chi connectivity index (χ3n) is 3.87. The molecule has 2 N–H and O–H groups in total. The monoisotopic (exact) mass is 276 g/mol. The van der Waals surface area contributed by atoms with Gasteiger partial charge in [-0.05, 0) is 37.8 Å². The number of rotatable bonds is 4. The lowest BCUT2D eigenvalue weighted by Crippen LogP contribution is -2.21. The zero-order valence-electron chi connectivity index (χ0n) is 11.3. The summed E-state index contributed by atoms with van der Waals surface area (Å²) in [5.41, 5.74) is 5.66. The highest BCUT2D eigenvalue weighted by Crippen LogP contribution is 2.33. The molecule has 2 aromatic heterocycles. The van der Waals surface area contributed by atoms with E-state index in [2.05, 4.69) is 27.9 Å². The van der Waals surface area contributed by atoms with E-state index < -0.39 is 0 Å². The highest BCUT2D eigenvalue weighted by Gasteiger charge is 2.24. The van der Waals surface area contributed by atoms with Crippen LogP contribution < -0.4 is 10.6 Å². The number of hydrogen-bond acceptors (Lipinski definition) is 5. The van der Waals surface area contributed by atoms with Crippen molar-refractivity contribution in [1.82, 2.24) is 9.97 Å². The molecule has 3 heterocycles. The van der Waals surface area contributed by atoms with Crippen molar-refractivity contribution in [2.75, 3.05) is 24.5 Å². The predicted molar refractivity (Wildman–Crippen MR) is 80.8 cm³/mol. The van der Waals surface area contributed by atoms with Crippen molar-refractivity contribution >= 4 is 27.4 Å². The number of nitrogens with zero attached hydrogens (tertiary/aromatic N) is 3. The standard InChI is InChI=1S/C14H20N4S/c1-2-11-7-12-13(16-9-17-14(12)19-11)18-6-4-10(8-18)3-5-15/h7,9-10H,2-6,8,15H2,1H3. The molecule has 3 rings (SSSR count). The molecule has 1 saturated heterocycles. The van der Waals surface area contributed by atoms with E-state index in [-0.39, 0.29) is 0 Å². The van der Waals surface area contributed by atoms with Crippen molar-refractivity contribution in [3.8, 4) is 0 Å². The fourth-order valence-corrected chi connectivity index (χ4v) is 3.75. The number of nitrogens with two attached hydrogens (primary N) is 1. The molecule has 4 nitrogen and oxygen atoms in total. The SMILES string of the molecule is CCc1cc2c(N3CCC(CCN)C3)ncnc2s1. The Morgan fingerprint density at radius 2 is 2.37 bits per heavy atom. The number of aryl methyl sites for hydroxylation is 1.